The minimum Gasteiger partial charge on any atom is -0.480 e. The second-order valence-electron chi connectivity index (χ2n) is 8.71. The number of nitrogens with zero attached hydrogens (tertiary/aromatic N) is 1. The van der Waals surface area contributed by atoms with Crippen molar-refractivity contribution in [3.05, 3.63) is 59.7 Å². The van der Waals surface area contributed by atoms with Crippen LogP contribution in [0.25, 0.3) is 11.1 Å². The van der Waals surface area contributed by atoms with Crippen LogP contribution in [-0.4, -0.2) is 59.1 Å². The molecule has 4 rings (SSSR count). The number of carbonyl (C=O) groups excluding carboxylic acids is 2. The topological polar surface area (TPSA) is 95.9 Å². The SMILES string of the molecule is CC[C@@H](CC(=O)N1CC(F)(F)CC1C(=O)O)NC(=O)OCC1c2ccccc2-c2ccccc21. The van der Waals surface area contributed by atoms with E-state index in [9.17, 15) is 28.3 Å². The van der Waals surface area contributed by atoms with Crippen molar-refractivity contribution in [3.63, 3.8) is 0 Å². The summed E-state index contributed by atoms with van der Waals surface area (Å²) in [5.74, 6) is -5.58. The van der Waals surface area contributed by atoms with Crippen molar-refractivity contribution < 1.29 is 33.0 Å². The van der Waals surface area contributed by atoms with Gasteiger partial charge in [0.25, 0.3) is 5.92 Å². The van der Waals surface area contributed by atoms with E-state index in [1.54, 1.807) is 6.92 Å². The van der Waals surface area contributed by atoms with E-state index in [-0.39, 0.29) is 18.9 Å². The number of likely N-dealkylation sites (tertiary alicyclic amines) is 1. The summed E-state index contributed by atoms with van der Waals surface area (Å²) >= 11 is 0. The maximum Gasteiger partial charge on any atom is 0.407 e. The highest BCUT2D eigenvalue weighted by Gasteiger charge is 2.50. The minimum absolute atomic E-state index is 0.101. The van der Waals surface area contributed by atoms with E-state index >= 15 is 0 Å². The largest absolute Gasteiger partial charge is 0.480 e. The lowest BCUT2D eigenvalue weighted by molar-refractivity contribution is -0.148. The first kappa shape index (κ1) is 23.7. The average Bonchev–Trinajstić information content (AvgIpc) is 3.31. The van der Waals surface area contributed by atoms with E-state index < -0.39 is 48.9 Å². The van der Waals surface area contributed by atoms with Gasteiger partial charge in [-0.3, -0.25) is 4.79 Å². The molecule has 0 aromatic heterocycles. The van der Waals surface area contributed by atoms with Gasteiger partial charge in [0, 0.05) is 24.8 Å². The van der Waals surface area contributed by atoms with Crippen LogP contribution in [0, 0.1) is 0 Å². The Kier molecular flexibility index (Phi) is 6.54. The molecule has 2 aromatic rings. The third kappa shape index (κ3) is 4.73. The number of halogens is 2. The Hall–Kier alpha value is -3.49. The van der Waals surface area contributed by atoms with Crippen LogP contribution in [0.4, 0.5) is 13.6 Å². The molecule has 2 amide bonds. The number of hydrogen-bond donors (Lipinski definition) is 2. The van der Waals surface area contributed by atoms with Gasteiger partial charge < -0.3 is 20.1 Å². The Labute approximate surface area is 195 Å². The van der Waals surface area contributed by atoms with Crippen LogP contribution in [0.5, 0.6) is 0 Å². The molecule has 34 heavy (non-hydrogen) atoms. The number of carboxylic acids is 1. The fraction of sp³-hybridized carbons (Fsp3) is 0.400. The molecule has 2 atom stereocenters. The van der Waals surface area contributed by atoms with E-state index in [1.165, 1.54) is 0 Å². The van der Waals surface area contributed by atoms with Crippen LogP contribution in [0.3, 0.4) is 0 Å². The van der Waals surface area contributed by atoms with E-state index in [1.807, 2.05) is 48.5 Å². The van der Waals surface area contributed by atoms with Crippen LogP contribution >= 0.6 is 0 Å². The summed E-state index contributed by atoms with van der Waals surface area (Å²) in [6.45, 7) is 0.892. The molecule has 0 spiro atoms. The molecule has 0 bridgehead atoms. The van der Waals surface area contributed by atoms with Crippen molar-refractivity contribution in [2.45, 2.75) is 50.1 Å². The quantitative estimate of drug-likeness (QED) is 0.635. The van der Waals surface area contributed by atoms with Crippen molar-refractivity contribution in [1.82, 2.24) is 10.2 Å². The van der Waals surface area contributed by atoms with Gasteiger partial charge in [-0.2, -0.15) is 0 Å². The van der Waals surface area contributed by atoms with Gasteiger partial charge in [-0.25, -0.2) is 18.4 Å². The Bertz CT molecular complexity index is 1060. The standard InChI is InChI=1S/C25H26F2N2O5/c1-2-15(11-22(30)29-14-25(26,27)12-21(29)23(31)32)28-24(33)34-13-20-18-9-5-3-7-16(18)17-8-4-6-10-19(17)20/h3-10,15,20-21H,2,11-14H2,1H3,(H,28,33)(H,31,32)/t15-,21?/m0/s1. The van der Waals surface area contributed by atoms with E-state index in [0.29, 0.717) is 11.3 Å². The number of carbonyl (C=O) groups is 3. The number of alkyl halides is 2. The Morgan fingerprint density at radius 1 is 1.12 bits per heavy atom. The Morgan fingerprint density at radius 2 is 1.71 bits per heavy atom. The van der Waals surface area contributed by atoms with Crippen molar-refractivity contribution in [2.75, 3.05) is 13.2 Å². The highest BCUT2D eigenvalue weighted by molar-refractivity contribution is 5.85. The van der Waals surface area contributed by atoms with Crippen LogP contribution in [0.1, 0.15) is 43.2 Å². The summed E-state index contributed by atoms with van der Waals surface area (Å²) in [5, 5.41) is 11.8. The van der Waals surface area contributed by atoms with Gasteiger partial charge in [0.1, 0.15) is 12.6 Å². The molecule has 1 unspecified atom stereocenters. The summed E-state index contributed by atoms with van der Waals surface area (Å²) in [4.78, 5) is 37.1. The van der Waals surface area contributed by atoms with Crippen LogP contribution in [-0.2, 0) is 14.3 Å². The predicted molar refractivity (Wildman–Crippen MR) is 120 cm³/mol. The van der Waals surface area contributed by atoms with Crippen LogP contribution in [0.2, 0.25) is 0 Å². The third-order valence-electron chi connectivity index (χ3n) is 6.45. The maximum atomic E-state index is 13.7. The normalized spacial score (nSPS) is 19.3. The zero-order valence-electron chi connectivity index (χ0n) is 18.7. The number of carboxylic acid groups (broad SMARTS) is 1. The number of hydrogen-bond acceptors (Lipinski definition) is 4. The smallest absolute Gasteiger partial charge is 0.407 e. The average molecular weight is 472 g/mol. The molecule has 0 radical (unpaired) electrons. The lowest BCUT2D eigenvalue weighted by Gasteiger charge is -2.24. The summed E-state index contributed by atoms with van der Waals surface area (Å²) in [5.41, 5.74) is 4.32. The summed E-state index contributed by atoms with van der Waals surface area (Å²) in [6.07, 6.45) is -1.58. The molecule has 2 N–H and O–H groups in total. The van der Waals surface area contributed by atoms with Crippen LogP contribution < -0.4 is 5.32 Å². The number of fused-ring (bicyclic) bond motifs is 3. The Balaban J connectivity index is 1.36. The zero-order valence-corrected chi connectivity index (χ0v) is 18.7. The fourth-order valence-corrected chi connectivity index (χ4v) is 4.73. The zero-order chi connectivity index (χ0) is 24.5. The molecule has 1 fully saturated rings. The van der Waals surface area contributed by atoms with E-state index in [2.05, 4.69) is 5.32 Å². The van der Waals surface area contributed by atoms with Gasteiger partial charge in [0.15, 0.2) is 0 Å². The Morgan fingerprint density at radius 3 is 2.26 bits per heavy atom. The molecule has 2 aromatic carbocycles. The van der Waals surface area contributed by atoms with E-state index in [4.69, 9.17) is 4.74 Å². The lowest BCUT2D eigenvalue weighted by Crippen LogP contribution is -2.45. The molecule has 1 aliphatic carbocycles. The molecule has 2 aliphatic rings. The van der Waals surface area contributed by atoms with Crippen molar-refractivity contribution in [3.8, 4) is 11.1 Å². The highest BCUT2D eigenvalue weighted by Crippen LogP contribution is 2.44. The summed E-state index contributed by atoms with van der Waals surface area (Å²) in [6, 6.07) is 13.6. The van der Waals surface area contributed by atoms with Gasteiger partial charge in [-0.1, -0.05) is 55.5 Å². The molecular formula is C25H26F2N2O5. The van der Waals surface area contributed by atoms with Crippen molar-refractivity contribution >= 4 is 18.0 Å². The first-order chi connectivity index (χ1) is 16.2. The number of rotatable bonds is 7. The predicted octanol–water partition coefficient (Wildman–Crippen LogP) is 4.01. The van der Waals surface area contributed by atoms with Gasteiger partial charge in [0.05, 0.1) is 6.54 Å². The van der Waals surface area contributed by atoms with Gasteiger partial charge in [-0.15, -0.1) is 0 Å². The van der Waals surface area contributed by atoms with Gasteiger partial charge >= 0.3 is 12.1 Å². The first-order valence-electron chi connectivity index (χ1n) is 11.2. The lowest BCUT2D eigenvalue weighted by atomic mass is 9.98. The van der Waals surface area contributed by atoms with Crippen molar-refractivity contribution in [1.29, 1.82) is 0 Å². The molecule has 1 saturated heterocycles. The van der Waals surface area contributed by atoms with Gasteiger partial charge in [0.2, 0.25) is 5.91 Å². The molecule has 0 saturated carbocycles. The molecule has 9 heteroatoms. The third-order valence-corrected chi connectivity index (χ3v) is 6.45. The minimum atomic E-state index is -3.25. The maximum absolute atomic E-state index is 13.7. The number of ether oxygens (including phenoxy) is 1. The fourth-order valence-electron chi connectivity index (χ4n) is 4.73. The first-order valence-corrected chi connectivity index (χ1v) is 11.2. The summed E-state index contributed by atoms with van der Waals surface area (Å²) < 4.78 is 32.9. The summed E-state index contributed by atoms with van der Waals surface area (Å²) in [7, 11) is 0. The van der Waals surface area contributed by atoms with Crippen molar-refractivity contribution in [2.24, 2.45) is 0 Å². The van der Waals surface area contributed by atoms with E-state index in [0.717, 1.165) is 22.3 Å². The van der Waals surface area contributed by atoms with Crippen LogP contribution in [0.15, 0.2) is 48.5 Å². The number of nitrogens with one attached hydrogen (secondary N) is 1. The molecule has 1 aliphatic heterocycles. The molecule has 1 heterocycles. The number of amides is 2. The molecular weight excluding hydrogens is 446 g/mol. The number of alkyl carbamates (subject to hydrolysis) is 1. The molecule has 7 nitrogen and oxygen atoms in total. The second kappa shape index (κ2) is 9.40. The monoisotopic (exact) mass is 472 g/mol. The second-order valence-corrected chi connectivity index (χ2v) is 8.71. The number of aliphatic carboxylic acids is 1. The van der Waals surface area contributed by atoms with Gasteiger partial charge in [-0.05, 0) is 28.7 Å². The molecule has 180 valence electrons. The highest BCUT2D eigenvalue weighted by atomic mass is 19.3. The number of benzene rings is 2.